The SMILES string of the molecule is CC(=O)/C=C(/C)O.[Ir].c1ccc2cc3c(cc2c1)c1cccnc1n3-c1nc2ccccc2[n-]1. The van der Waals surface area contributed by atoms with Gasteiger partial charge in [0.25, 0.3) is 0 Å². The van der Waals surface area contributed by atoms with Gasteiger partial charge in [-0.25, -0.2) is 0 Å². The van der Waals surface area contributed by atoms with Gasteiger partial charge in [0.05, 0.1) is 11.4 Å². The van der Waals surface area contributed by atoms with Crippen molar-refractivity contribution in [2.24, 2.45) is 0 Å². The average Bonchev–Trinajstić information content (AvgIpc) is 3.35. The summed E-state index contributed by atoms with van der Waals surface area (Å²) in [4.78, 5) is 24.2. The van der Waals surface area contributed by atoms with E-state index in [1.165, 1.54) is 36.1 Å². The molecule has 7 heteroatoms. The molecule has 0 fully saturated rings. The van der Waals surface area contributed by atoms with Crippen molar-refractivity contribution in [2.75, 3.05) is 0 Å². The van der Waals surface area contributed by atoms with Crippen LogP contribution in [0.2, 0.25) is 0 Å². The number of para-hydroxylation sites is 2. The largest absolute Gasteiger partial charge is 0.512 e. The zero-order valence-corrected chi connectivity index (χ0v) is 21.0. The molecule has 0 spiro atoms. The van der Waals surface area contributed by atoms with Gasteiger partial charge >= 0.3 is 0 Å². The van der Waals surface area contributed by atoms with Crippen molar-refractivity contribution in [2.45, 2.75) is 13.8 Å². The van der Waals surface area contributed by atoms with Crippen molar-refractivity contribution >= 4 is 49.5 Å². The van der Waals surface area contributed by atoms with Crippen molar-refractivity contribution < 1.29 is 30.0 Å². The Morgan fingerprint density at radius 3 is 2.32 bits per heavy atom. The van der Waals surface area contributed by atoms with Crippen LogP contribution in [0.1, 0.15) is 13.8 Å². The number of carbonyl (C=O) groups excluding carboxylic acids is 1. The van der Waals surface area contributed by atoms with Gasteiger partial charge in [-0.3, -0.25) is 9.78 Å². The summed E-state index contributed by atoms with van der Waals surface area (Å²) in [6, 6.07) is 24.9. The minimum Gasteiger partial charge on any atom is -0.512 e. The Balaban J connectivity index is 0.000000303. The third kappa shape index (κ3) is 4.36. The molecule has 0 bridgehead atoms. The van der Waals surface area contributed by atoms with Gasteiger partial charge in [0.15, 0.2) is 5.78 Å². The van der Waals surface area contributed by atoms with Gasteiger partial charge in [-0.1, -0.05) is 54.6 Å². The fourth-order valence-corrected chi connectivity index (χ4v) is 4.02. The van der Waals surface area contributed by atoms with Crippen LogP contribution >= 0.6 is 0 Å². The summed E-state index contributed by atoms with van der Waals surface area (Å²) in [5.74, 6) is 0.604. The molecule has 34 heavy (non-hydrogen) atoms. The number of hydrogen-bond donors (Lipinski definition) is 1. The summed E-state index contributed by atoms with van der Waals surface area (Å²) < 4.78 is 2.07. The number of rotatable bonds is 2. The van der Waals surface area contributed by atoms with Crippen molar-refractivity contribution in [3.8, 4) is 5.95 Å². The molecule has 1 N–H and O–H groups in total. The van der Waals surface area contributed by atoms with E-state index in [4.69, 9.17) is 15.1 Å². The molecule has 1 radical (unpaired) electrons. The second-order valence-electron chi connectivity index (χ2n) is 7.84. The molecule has 3 aromatic carbocycles. The average molecular weight is 626 g/mol. The van der Waals surface area contributed by atoms with Gasteiger partial charge in [0.2, 0.25) is 0 Å². The van der Waals surface area contributed by atoms with Crippen molar-refractivity contribution in [3.63, 3.8) is 0 Å². The van der Waals surface area contributed by atoms with Crippen LogP contribution in [0, 0.1) is 0 Å². The van der Waals surface area contributed by atoms with Crippen LogP contribution in [0.5, 0.6) is 0 Å². The summed E-state index contributed by atoms with van der Waals surface area (Å²) in [5, 5.41) is 13.1. The molecule has 171 valence electrons. The number of allylic oxidation sites excluding steroid dienone is 2. The summed E-state index contributed by atoms with van der Waals surface area (Å²) in [6.07, 6.45) is 2.99. The Morgan fingerprint density at radius 1 is 0.941 bits per heavy atom. The van der Waals surface area contributed by atoms with Gasteiger partial charge in [0, 0.05) is 60.3 Å². The van der Waals surface area contributed by atoms with Gasteiger partial charge in [-0.2, -0.15) is 0 Å². The number of aromatic nitrogens is 4. The topological polar surface area (TPSA) is 82.1 Å². The maximum atomic E-state index is 10.0. The molecular formula is C27H21IrN4O2-. The predicted molar refractivity (Wildman–Crippen MR) is 132 cm³/mol. The standard InChI is InChI=1S/C22H13N4.C5H8O2.Ir/c1-2-7-15-13-20-17(12-14(15)6-1)16-8-5-11-23-21(16)26(20)22-24-18-9-3-4-10-19(18)25-22;1-4(6)3-5(2)7;/h1-13H;3,6H,1-2H3;/q-1;;/b;4-3-;. The molecule has 6 rings (SSSR count). The molecule has 0 aliphatic heterocycles. The Hall–Kier alpha value is -3.80. The summed E-state index contributed by atoms with van der Waals surface area (Å²) >= 11 is 0. The van der Waals surface area contributed by atoms with E-state index in [0.717, 1.165) is 27.6 Å². The first kappa shape index (κ1) is 23.4. The zero-order chi connectivity index (χ0) is 22.9. The third-order valence-corrected chi connectivity index (χ3v) is 5.33. The maximum Gasteiger partial charge on any atom is 0.155 e. The van der Waals surface area contributed by atoms with E-state index in [2.05, 4.69) is 52.0 Å². The smallest absolute Gasteiger partial charge is 0.155 e. The number of ketones is 1. The molecule has 0 saturated heterocycles. The number of aliphatic hydroxyl groups is 1. The number of aliphatic hydroxyl groups excluding tert-OH is 1. The van der Waals surface area contributed by atoms with Gasteiger partial charge < -0.3 is 19.6 Å². The normalized spacial score (nSPS) is 11.4. The first-order valence-electron chi connectivity index (χ1n) is 10.6. The maximum absolute atomic E-state index is 10.0. The Morgan fingerprint density at radius 2 is 1.65 bits per heavy atom. The minimum absolute atomic E-state index is 0. The van der Waals surface area contributed by atoms with E-state index < -0.39 is 0 Å². The summed E-state index contributed by atoms with van der Waals surface area (Å²) in [7, 11) is 0. The van der Waals surface area contributed by atoms with Crippen LogP contribution in [0.3, 0.4) is 0 Å². The molecule has 6 nitrogen and oxygen atoms in total. The second-order valence-corrected chi connectivity index (χ2v) is 7.84. The van der Waals surface area contributed by atoms with E-state index >= 15 is 0 Å². The van der Waals surface area contributed by atoms with Crippen LogP contribution < -0.4 is 4.98 Å². The number of carbonyl (C=O) groups is 1. The van der Waals surface area contributed by atoms with E-state index in [0.29, 0.717) is 5.95 Å². The third-order valence-electron chi connectivity index (χ3n) is 5.33. The molecule has 3 aromatic heterocycles. The number of fused-ring (bicyclic) bond motifs is 5. The summed E-state index contributed by atoms with van der Waals surface area (Å²) in [6.45, 7) is 2.85. The number of benzene rings is 3. The van der Waals surface area contributed by atoms with Crippen LogP contribution in [0.15, 0.2) is 90.8 Å². The molecule has 6 aromatic rings. The number of nitrogens with zero attached hydrogens (tertiary/aromatic N) is 4. The Kier molecular flexibility index (Phi) is 6.59. The van der Waals surface area contributed by atoms with Gasteiger partial charge in [-0.05, 0) is 48.2 Å². The van der Waals surface area contributed by atoms with E-state index in [1.807, 2.05) is 36.5 Å². The number of imidazole rings is 1. The molecule has 0 aliphatic rings. The fraction of sp³-hybridized carbons (Fsp3) is 0.0741. The number of hydrogen-bond acceptors (Lipinski definition) is 4. The van der Waals surface area contributed by atoms with Crippen LogP contribution in [-0.4, -0.2) is 25.4 Å². The zero-order valence-electron chi connectivity index (χ0n) is 18.6. The first-order chi connectivity index (χ1) is 16.0. The van der Waals surface area contributed by atoms with Gasteiger partial charge in [0.1, 0.15) is 0 Å². The second kappa shape index (κ2) is 9.59. The molecule has 0 unspecified atom stereocenters. The molecule has 3 heterocycles. The molecule has 0 atom stereocenters. The van der Waals surface area contributed by atoms with E-state index in [9.17, 15) is 4.79 Å². The predicted octanol–water partition coefficient (Wildman–Crippen LogP) is 5.87. The van der Waals surface area contributed by atoms with Crippen LogP contribution in [0.25, 0.3) is 49.7 Å². The van der Waals surface area contributed by atoms with Gasteiger partial charge in [-0.15, -0.1) is 0 Å². The van der Waals surface area contributed by atoms with Crippen molar-refractivity contribution in [1.82, 2.24) is 19.5 Å². The monoisotopic (exact) mass is 626 g/mol. The quantitative estimate of drug-likeness (QED) is 0.192. The minimum atomic E-state index is -0.125. The van der Waals surface area contributed by atoms with E-state index in [-0.39, 0.29) is 31.6 Å². The number of pyridine rings is 1. The van der Waals surface area contributed by atoms with Crippen LogP contribution in [0.4, 0.5) is 0 Å². The molecule has 0 amide bonds. The molecule has 0 saturated carbocycles. The van der Waals surface area contributed by atoms with Crippen LogP contribution in [-0.2, 0) is 24.9 Å². The fourth-order valence-electron chi connectivity index (χ4n) is 4.02. The summed E-state index contributed by atoms with van der Waals surface area (Å²) in [5.41, 5.74) is 3.75. The van der Waals surface area contributed by atoms with Crippen molar-refractivity contribution in [1.29, 1.82) is 0 Å². The first-order valence-corrected chi connectivity index (χ1v) is 10.6. The molecular weight excluding hydrogens is 605 g/mol. The Labute approximate surface area is 209 Å². The Bertz CT molecular complexity index is 1640. The van der Waals surface area contributed by atoms with E-state index in [1.54, 1.807) is 0 Å². The molecule has 0 aliphatic carbocycles. The van der Waals surface area contributed by atoms with Crippen molar-refractivity contribution in [3.05, 3.63) is 90.8 Å².